The van der Waals surface area contributed by atoms with E-state index in [9.17, 15) is 9.90 Å². The number of nitriles is 1. The van der Waals surface area contributed by atoms with E-state index in [-0.39, 0.29) is 35.9 Å². The highest BCUT2D eigenvalue weighted by atomic mass is 16.5. The van der Waals surface area contributed by atoms with Crippen LogP contribution < -0.4 is 4.74 Å². The van der Waals surface area contributed by atoms with Crippen LogP contribution in [0.2, 0.25) is 0 Å². The Hall–Kier alpha value is -2.26. The molecule has 6 heteroatoms. The van der Waals surface area contributed by atoms with Crippen LogP contribution in [-0.2, 0) is 4.74 Å². The van der Waals surface area contributed by atoms with Crippen molar-refractivity contribution in [3.8, 4) is 17.6 Å². The molecule has 0 bridgehead atoms. The molecule has 0 spiro atoms. The molecule has 1 aromatic rings. The van der Waals surface area contributed by atoms with E-state index in [4.69, 9.17) is 14.7 Å². The molecule has 108 valence electrons. The second-order valence-electron chi connectivity index (χ2n) is 4.05. The van der Waals surface area contributed by atoms with Crippen molar-refractivity contribution in [3.05, 3.63) is 23.8 Å². The van der Waals surface area contributed by atoms with Gasteiger partial charge in [0.2, 0.25) is 0 Å². The Balaban J connectivity index is 2.96. The average Bonchev–Trinajstić information content (AvgIpc) is 2.47. The average molecular weight is 278 g/mol. The number of nitrogens with zero attached hydrogens (tertiary/aromatic N) is 2. The number of para-hydroxylation sites is 1. The molecule has 1 N–H and O–H groups in total. The summed E-state index contributed by atoms with van der Waals surface area (Å²) in [5.74, 6) is -0.309. The minimum atomic E-state index is -0.353. The van der Waals surface area contributed by atoms with Crippen LogP contribution >= 0.6 is 0 Å². The number of aromatic hydroxyl groups is 1. The first kappa shape index (κ1) is 15.8. The molecular weight excluding hydrogens is 260 g/mol. The number of hydrogen-bond acceptors (Lipinski definition) is 5. The third kappa shape index (κ3) is 3.87. The van der Waals surface area contributed by atoms with Gasteiger partial charge in [-0.05, 0) is 12.1 Å². The predicted octanol–water partition coefficient (Wildman–Crippen LogP) is 1.40. The fraction of sp³-hybridized carbons (Fsp3) is 0.429. The normalized spacial score (nSPS) is 9.85. The van der Waals surface area contributed by atoms with Gasteiger partial charge in [0.1, 0.15) is 0 Å². The molecule has 0 aliphatic heterocycles. The summed E-state index contributed by atoms with van der Waals surface area (Å²) in [5, 5.41) is 18.6. The molecule has 0 aliphatic rings. The van der Waals surface area contributed by atoms with Crippen LogP contribution in [0.15, 0.2) is 18.2 Å². The Morgan fingerprint density at radius 1 is 1.40 bits per heavy atom. The summed E-state index contributed by atoms with van der Waals surface area (Å²) >= 11 is 0. The van der Waals surface area contributed by atoms with Crippen molar-refractivity contribution in [2.24, 2.45) is 0 Å². The number of phenols is 1. The van der Waals surface area contributed by atoms with Gasteiger partial charge in [-0.2, -0.15) is 5.26 Å². The number of benzene rings is 1. The SMILES string of the molecule is COCCN(CCC#N)C(=O)c1cccc(OC)c1O. The number of carbonyl (C=O) groups is 1. The maximum atomic E-state index is 12.4. The Labute approximate surface area is 118 Å². The quantitative estimate of drug-likeness (QED) is 0.815. The molecule has 1 rings (SSSR count). The summed E-state index contributed by atoms with van der Waals surface area (Å²) in [6.45, 7) is 1.00. The minimum Gasteiger partial charge on any atom is -0.504 e. The molecule has 6 nitrogen and oxygen atoms in total. The van der Waals surface area contributed by atoms with Gasteiger partial charge in [-0.25, -0.2) is 0 Å². The van der Waals surface area contributed by atoms with Crippen molar-refractivity contribution in [2.45, 2.75) is 6.42 Å². The summed E-state index contributed by atoms with van der Waals surface area (Å²) in [4.78, 5) is 13.9. The molecule has 0 aromatic heterocycles. The maximum absolute atomic E-state index is 12.4. The number of ether oxygens (including phenoxy) is 2. The van der Waals surface area contributed by atoms with E-state index < -0.39 is 0 Å². The molecule has 1 amide bonds. The minimum absolute atomic E-state index is 0.151. The van der Waals surface area contributed by atoms with Crippen molar-refractivity contribution >= 4 is 5.91 Å². The van der Waals surface area contributed by atoms with E-state index in [0.717, 1.165) is 0 Å². The molecule has 0 heterocycles. The van der Waals surface area contributed by atoms with E-state index in [1.54, 1.807) is 12.1 Å². The van der Waals surface area contributed by atoms with Crippen LogP contribution in [0.4, 0.5) is 0 Å². The van der Waals surface area contributed by atoms with Gasteiger partial charge >= 0.3 is 0 Å². The topological polar surface area (TPSA) is 82.8 Å². The van der Waals surface area contributed by atoms with Crippen LogP contribution in [0, 0.1) is 11.3 Å². The van der Waals surface area contributed by atoms with Crippen molar-refractivity contribution in [1.82, 2.24) is 4.90 Å². The lowest BCUT2D eigenvalue weighted by Gasteiger charge is -2.22. The van der Waals surface area contributed by atoms with Crippen LogP contribution in [-0.4, -0.2) is 49.8 Å². The molecule has 0 radical (unpaired) electrons. The molecule has 0 fully saturated rings. The third-order valence-electron chi connectivity index (χ3n) is 2.80. The van der Waals surface area contributed by atoms with Gasteiger partial charge in [0.15, 0.2) is 11.5 Å². The standard InChI is InChI=1S/C14H18N2O4/c1-19-10-9-16(8-4-7-15)14(18)11-5-3-6-12(20-2)13(11)17/h3,5-6,17H,4,8-10H2,1-2H3. The Bertz CT molecular complexity index is 496. The summed E-state index contributed by atoms with van der Waals surface area (Å²) in [5.41, 5.74) is 0.151. The van der Waals surface area contributed by atoms with Crippen LogP contribution in [0.25, 0.3) is 0 Å². The monoisotopic (exact) mass is 278 g/mol. The Morgan fingerprint density at radius 2 is 2.15 bits per heavy atom. The first-order valence-electron chi connectivity index (χ1n) is 6.16. The number of amides is 1. The van der Waals surface area contributed by atoms with Crippen LogP contribution in [0.3, 0.4) is 0 Å². The van der Waals surface area contributed by atoms with Gasteiger partial charge < -0.3 is 19.5 Å². The number of hydrogen-bond donors (Lipinski definition) is 1. The smallest absolute Gasteiger partial charge is 0.257 e. The first-order chi connectivity index (χ1) is 9.65. The van der Waals surface area contributed by atoms with Gasteiger partial charge in [0.25, 0.3) is 5.91 Å². The molecule has 0 saturated heterocycles. The highest BCUT2D eigenvalue weighted by Gasteiger charge is 2.20. The molecule has 0 aliphatic carbocycles. The van der Waals surface area contributed by atoms with E-state index >= 15 is 0 Å². The van der Waals surface area contributed by atoms with Crippen molar-refractivity contribution in [3.63, 3.8) is 0 Å². The molecule has 0 saturated carbocycles. The van der Waals surface area contributed by atoms with Crippen LogP contribution in [0.1, 0.15) is 16.8 Å². The molecule has 0 atom stereocenters. The fourth-order valence-electron chi connectivity index (χ4n) is 1.73. The van der Waals surface area contributed by atoms with E-state index in [0.29, 0.717) is 13.2 Å². The Kier molecular flexibility index (Phi) is 6.33. The largest absolute Gasteiger partial charge is 0.504 e. The number of rotatable bonds is 7. The highest BCUT2D eigenvalue weighted by molar-refractivity contribution is 5.97. The number of carbonyl (C=O) groups excluding carboxylic acids is 1. The second kappa shape index (κ2) is 8.02. The van der Waals surface area contributed by atoms with Gasteiger partial charge in [0.05, 0.1) is 31.8 Å². The van der Waals surface area contributed by atoms with Crippen LogP contribution in [0.5, 0.6) is 11.5 Å². The van der Waals surface area contributed by atoms with Crippen molar-refractivity contribution in [2.75, 3.05) is 33.9 Å². The van der Waals surface area contributed by atoms with Gasteiger partial charge in [-0.3, -0.25) is 4.79 Å². The fourth-order valence-corrected chi connectivity index (χ4v) is 1.73. The molecule has 1 aromatic carbocycles. The highest BCUT2D eigenvalue weighted by Crippen LogP contribution is 2.30. The molecule has 20 heavy (non-hydrogen) atoms. The van der Waals surface area contributed by atoms with E-state index in [2.05, 4.69) is 0 Å². The summed E-state index contributed by atoms with van der Waals surface area (Å²) in [6.07, 6.45) is 0.222. The molecule has 0 unspecified atom stereocenters. The van der Waals surface area contributed by atoms with Crippen molar-refractivity contribution in [1.29, 1.82) is 5.26 Å². The second-order valence-corrected chi connectivity index (χ2v) is 4.05. The zero-order valence-corrected chi connectivity index (χ0v) is 11.6. The van der Waals surface area contributed by atoms with Gasteiger partial charge in [0, 0.05) is 20.2 Å². The predicted molar refractivity (Wildman–Crippen MR) is 72.7 cm³/mol. The lowest BCUT2D eigenvalue weighted by Crippen LogP contribution is -2.34. The van der Waals surface area contributed by atoms with E-state index in [1.807, 2.05) is 6.07 Å². The summed E-state index contributed by atoms with van der Waals surface area (Å²) in [7, 11) is 2.96. The third-order valence-corrected chi connectivity index (χ3v) is 2.80. The summed E-state index contributed by atoms with van der Waals surface area (Å²) < 4.78 is 9.93. The first-order valence-corrected chi connectivity index (χ1v) is 6.16. The number of methoxy groups -OCH3 is 2. The van der Waals surface area contributed by atoms with Crippen molar-refractivity contribution < 1.29 is 19.4 Å². The zero-order valence-electron chi connectivity index (χ0n) is 11.6. The summed E-state index contributed by atoms with van der Waals surface area (Å²) in [6, 6.07) is 6.72. The van der Waals surface area contributed by atoms with E-state index in [1.165, 1.54) is 25.2 Å². The Morgan fingerprint density at radius 3 is 2.75 bits per heavy atom. The lowest BCUT2D eigenvalue weighted by molar-refractivity contribution is 0.0696. The maximum Gasteiger partial charge on any atom is 0.257 e. The molecular formula is C14H18N2O4. The van der Waals surface area contributed by atoms with Gasteiger partial charge in [-0.1, -0.05) is 6.07 Å². The van der Waals surface area contributed by atoms with Gasteiger partial charge in [-0.15, -0.1) is 0 Å². The zero-order chi connectivity index (χ0) is 15.0. The lowest BCUT2D eigenvalue weighted by atomic mass is 10.1. The number of phenolic OH excluding ortho intramolecular Hbond substituents is 1.